The van der Waals surface area contributed by atoms with Crippen molar-refractivity contribution in [2.24, 2.45) is 5.92 Å². The number of rotatable bonds is 13. The van der Waals surface area contributed by atoms with Crippen molar-refractivity contribution in [3.63, 3.8) is 0 Å². The Morgan fingerprint density at radius 1 is 1.19 bits per heavy atom. The third kappa shape index (κ3) is 9.22. The van der Waals surface area contributed by atoms with Crippen LogP contribution < -0.4 is 4.74 Å². The Bertz CT molecular complexity index is 884. The predicted molar refractivity (Wildman–Crippen MR) is 156 cm³/mol. The van der Waals surface area contributed by atoms with Crippen LogP contribution in [0.1, 0.15) is 65.7 Å². The van der Waals surface area contributed by atoms with E-state index in [4.69, 9.17) is 23.4 Å². The van der Waals surface area contributed by atoms with Gasteiger partial charge < -0.3 is 23.4 Å². The van der Waals surface area contributed by atoms with Gasteiger partial charge in [-0.15, -0.1) is 6.58 Å². The molecule has 1 aromatic carbocycles. The molecule has 0 radical (unpaired) electrons. The third-order valence-corrected chi connectivity index (χ3v) is 12.1. The van der Waals surface area contributed by atoms with Gasteiger partial charge in [0.2, 0.25) is 0 Å². The van der Waals surface area contributed by atoms with E-state index in [1.165, 1.54) is 5.57 Å². The first-order valence-electron chi connectivity index (χ1n) is 13.6. The van der Waals surface area contributed by atoms with E-state index in [1.54, 1.807) is 14.2 Å². The van der Waals surface area contributed by atoms with Crippen molar-refractivity contribution in [1.82, 2.24) is 0 Å². The summed E-state index contributed by atoms with van der Waals surface area (Å²) in [7, 11) is 1.47. The molecule has 1 fully saturated rings. The molecule has 37 heavy (non-hydrogen) atoms. The second-order valence-corrected chi connectivity index (χ2v) is 16.2. The van der Waals surface area contributed by atoms with Crippen molar-refractivity contribution in [3.05, 3.63) is 66.3 Å². The molecule has 0 unspecified atom stereocenters. The van der Waals surface area contributed by atoms with E-state index in [0.717, 1.165) is 30.6 Å². The maximum Gasteiger partial charge on any atom is 0.192 e. The highest BCUT2D eigenvalue weighted by molar-refractivity contribution is 6.74. The average Bonchev–Trinajstić information content (AvgIpc) is 2.86. The highest BCUT2D eigenvalue weighted by Crippen LogP contribution is 2.38. The number of hydrogen-bond acceptors (Lipinski definition) is 5. The first-order chi connectivity index (χ1) is 17.4. The summed E-state index contributed by atoms with van der Waals surface area (Å²) >= 11 is 0. The minimum atomic E-state index is -1.93. The van der Waals surface area contributed by atoms with Crippen LogP contribution in [0.5, 0.6) is 5.75 Å². The molecule has 1 heterocycles. The first kappa shape index (κ1) is 31.5. The molecule has 0 amide bonds. The quantitative estimate of drug-likeness (QED) is 0.147. The molecular weight excluding hydrogens is 480 g/mol. The Balaban J connectivity index is 2.06. The molecule has 0 aliphatic carbocycles. The van der Waals surface area contributed by atoms with E-state index in [-0.39, 0.29) is 35.6 Å². The zero-order valence-corrected chi connectivity index (χ0v) is 25.6. The highest BCUT2D eigenvalue weighted by Gasteiger charge is 2.40. The fourth-order valence-corrected chi connectivity index (χ4v) is 5.41. The van der Waals surface area contributed by atoms with E-state index < -0.39 is 8.32 Å². The Hall–Kier alpha value is -1.70. The standard InChI is InChI=1S/C31H50O5Si/c1-11-24(14-13-15-29(27(12-2)33-8)36-37(9,10)31(4,5)6)16-21-28-23(3)22-34-30(35-28)25-17-19-26(32-7)20-18-25/h12,14,16-21,23,27-30H,2,11,13,15,22H2,1,3-10H3/b21-16+,24-14-/t23-,27+,28-,29+,30+/m1/s1. The van der Waals surface area contributed by atoms with Crippen LogP contribution in [0.25, 0.3) is 0 Å². The summed E-state index contributed by atoms with van der Waals surface area (Å²) in [6, 6.07) is 7.86. The van der Waals surface area contributed by atoms with Crippen molar-refractivity contribution in [3.8, 4) is 5.75 Å². The zero-order chi connectivity index (χ0) is 27.6. The van der Waals surface area contributed by atoms with Crippen LogP contribution in [-0.4, -0.2) is 47.5 Å². The predicted octanol–water partition coefficient (Wildman–Crippen LogP) is 8.01. The minimum Gasteiger partial charge on any atom is -0.497 e. The molecular formula is C31H50O5Si. The zero-order valence-electron chi connectivity index (χ0n) is 24.6. The Kier molecular flexibility index (Phi) is 12.3. The fourth-order valence-electron chi connectivity index (χ4n) is 4.05. The van der Waals surface area contributed by atoms with E-state index in [2.05, 4.69) is 72.5 Å². The maximum absolute atomic E-state index is 6.75. The van der Waals surface area contributed by atoms with Gasteiger partial charge in [-0.2, -0.15) is 0 Å². The van der Waals surface area contributed by atoms with Gasteiger partial charge in [-0.1, -0.05) is 76.6 Å². The normalized spacial score (nSPS) is 23.2. The van der Waals surface area contributed by atoms with Crippen molar-refractivity contribution in [1.29, 1.82) is 0 Å². The molecule has 5 nitrogen and oxygen atoms in total. The first-order valence-corrected chi connectivity index (χ1v) is 16.5. The Morgan fingerprint density at radius 3 is 2.41 bits per heavy atom. The molecule has 6 heteroatoms. The largest absolute Gasteiger partial charge is 0.497 e. The van der Waals surface area contributed by atoms with Gasteiger partial charge >= 0.3 is 0 Å². The molecule has 2 rings (SSSR count). The number of hydrogen-bond donors (Lipinski definition) is 0. The molecule has 1 aliphatic rings. The molecule has 0 N–H and O–H groups in total. The van der Waals surface area contributed by atoms with Gasteiger partial charge in [-0.3, -0.25) is 0 Å². The van der Waals surface area contributed by atoms with Gasteiger partial charge in [0.25, 0.3) is 0 Å². The molecule has 1 aromatic rings. The molecule has 5 atom stereocenters. The van der Waals surface area contributed by atoms with Crippen LogP contribution in [0.15, 0.2) is 60.7 Å². The summed E-state index contributed by atoms with van der Waals surface area (Å²) in [5.41, 5.74) is 2.29. The SMILES string of the molecule is C=C[C@H](OC)[C@H](CC/C=C(\C=C\[C@H]1O[C@@H](c2ccc(OC)cc2)OC[C@H]1C)CC)O[Si](C)(C)C(C)(C)C. The van der Waals surface area contributed by atoms with Crippen molar-refractivity contribution >= 4 is 8.32 Å². The summed E-state index contributed by atoms with van der Waals surface area (Å²) in [6.07, 6.45) is 10.8. The highest BCUT2D eigenvalue weighted by atomic mass is 28.4. The van der Waals surface area contributed by atoms with E-state index in [1.807, 2.05) is 30.3 Å². The maximum atomic E-state index is 6.75. The van der Waals surface area contributed by atoms with Gasteiger partial charge in [0, 0.05) is 18.6 Å². The van der Waals surface area contributed by atoms with Crippen molar-refractivity contribution < 1.29 is 23.4 Å². The smallest absolute Gasteiger partial charge is 0.192 e. The fraction of sp³-hybridized carbons (Fsp3) is 0.613. The van der Waals surface area contributed by atoms with Crippen LogP contribution in [0.4, 0.5) is 0 Å². The second kappa shape index (κ2) is 14.5. The van der Waals surface area contributed by atoms with Crippen LogP contribution in [0.3, 0.4) is 0 Å². The summed E-state index contributed by atoms with van der Waals surface area (Å²) < 4.78 is 30.0. The number of allylic oxidation sites excluding steroid dienone is 3. The van der Waals surface area contributed by atoms with Gasteiger partial charge in [0.15, 0.2) is 14.6 Å². The van der Waals surface area contributed by atoms with E-state index in [9.17, 15) is 0 Å². The number of ether oxygens (including phenoxy) is 4. The van der Waals surface area contributed by atoms with Crippen molar-refractivity contribution in [2.75, 3.05) is 20.8 Å². The molecule has 1 aliphatic heterocycles. The third-order valence-electron chi connectivity index (χ3n) is 7.63. The van der Waals surface area contributed by atoms with Gasteiger partial charge in [0.05, 0.1) is 32.0 Å². The second-order valence-electron chi connectivity index (χ2n) is 11.4. The van der Waals surface area contributed by atoms with E-state index >= 15 is 0 Å². The van der Waals surface area contributed by atoms with Gasteiger partial charge in [-0.05, 0) is 49.5 Å². The summed E-state index contributed by atoms with van der Waals surface area (Å²) in [5.74, 6) is 1.10. The molecule has 0 aromatic heterocycles. The van der Waals surface area contributed by atoms with E-state index in [0.29, 0.717) is 6.61 Å². The van der Waals surface area contributed by atoms with Crippen LogP contribution in [-0.2, 0) is 18.6 Å². The molecule has 0 saturated carbocycles. The topological polar surface area (TPSA) is 46.2 Å². The summed E-state index contributed by atoms with van der Waals surface area (Å²) in [6.45, 7) is 20.4. The molecule has 0 spiro atoms. The summed E-state index contributed by atoms with van der Waals surface area (Å²) in [5, 5.41) is 0.141. The number of benzene rings is 1. The van der Waals surface area contributed by atoms with Crippen molar-refractivity contribution in [2.45, 2.75) is 96.6 Å². The lowest BCUT2D eigenvalue weighted by atomic mass is 10.0. The lowest BCUT2D eigenvalue weighted by molar-refractivity contribution is -0.225. The van der Waals surface area contributed by atoms with Crippen LogP contribution in [0.2, 0.25) is 18.1 Å². The average molecular weight is 531 g/mol. The minimum absolute atomic E-state index is 0.00849. The lowest BCUT2D eigenvalue weighted by Gasteiger charge is -2.40. The molecule has 1 saturated heterocycles. The lowest BCUT2D eigenvalue weighted by Crippen LogP contribution is -2.47. The van der Waals surface area contributed by atoms with Crippen LogP contribution in [0, 0.1) is 5.92 Å². The summed E-state index contributed by atoms with van der Waals surface area (Å²) in [4.78, 5) is 0. The van der Waals surface area contributed by atoms with Gasteiger partial charge in [-0.25, -0.2) is 0 Å². The number of methoxy groups -OCH3 is 2. The monoisotopic (exact) mass is 530 g/mol. The Labute approximate surface area is 227 Å². The van der Waals surface area contributed by atoms with Crippen LogP contribution >= 0.6 is 0 Å². The molecule has 208 valence electrons. The Morgan fingerprint density at radius 2 is 1.86 bits per heavy atom. The molecule has 0 bridgehead atoms. The van der Waals surface area contributed by atoms with Gasteiger partial charge in [0.1, 0.15) is 5.75 Å².